The molecule has 3 rings (SSSR count). The number of hydrogen-bond acceptors (Lipinski definition) is 3. The molecular formula is C14H16N2O2S. The maximum Gasteiger partial charge on any atom is 0.254 e. The van der Waals surface area contributed by atoms with Crippen molar-refractivity contribution >= 4 is 27.5 Å². The third-order valence-corrected chi connectivity index (χ3v) is 4.73. The second-order valence-electron chi connectivity index (χ2n) is 4.83. The molecule has 4 nitrogen and oxygen atoms in total. The average Bonchev–Trinajstić information content (AvgIpc) is 2.95. The minimum Gasteiger partial charge on any atom is -0.378 e. The number of nitrogens with zero attached hydrogens (tertiary/aromatic N) is 2. The number of ether oxygens (including phenoxy) is 1. The molecule has 1 aliphatic heterocycles. The quantitative estimate of drug-likeness (QED) is 0.800. The average molecular weight is 276 g/mol. The van der Waals surface area contributed by atoms with Crippen LogP contribution >= 0.6 is 11.3 Å². The van der Waals surface area contributed by atoms with Crippen LogP contribution in [0, 0.1) is 5.92 Å². The first-order valence-corrected chi connectivity index (χ1v) is 7.23. The SMILES string of the molecule is CC1OCCC1C(=O)N=c1sc2ccccc2n1C. The summed E-state index contributed by atoms with van der Waals surface area (Å²) in [4.78, 5) is 17.2. The number of aryl methyl sites for hydroxylation is 1. The molecule has 5 heteroatoms. The number of benzene rings is 1. The van der Waals surface area contributed by atoms with Gasteiger partial charge in [-0.3, -0.25) is 4.79 Å². The standard InChI is InChI=1S/C14H16N2O2S/c1-9-10(7-8-18-9)13(17)15-14-16(2)11-5-3-4-6-12(11)19-14/h3-6,9-10H,7-8H2,1-2H3. The Kier molecular flexibility index (Phi) is 3.24. The van der Waals surface area contributed by atoms with E-state index < -0.39 is 0 Å². The van der Waals surface area contributed by atoms with Crippen molar-refractivity contribution in [1.82, 2.24) is 4.57 Å². The van der Waals surface area contributed by atoms with Gasteiger partial charge in [0.2, 0.25) is 0 Å². The largest absolute Gasteiger partial charge is 0.378 e. The van der Waals surface area contributed by atoms with E-state index in [0.29, 0.717) is 6.61 Å². The lowest BCUT2D eigenvalue weighted by atomic mass is 10.0. The predicted molar refractivity (Wildman–Crippen MR) is 74.9 cm³/mol. The van der Waals surface area contributed by atoms with Crippen LogP contribution in [0.2, 0.25) is 0 Å². The molecule has 2 aromatic rings. The van der Waals surface area contributed by atoms with Crippen molar-refractivity contribution in [3.63, 3.8) is 0 Å². The highest BCUT2D eigenvalue weighted by Gasteiger charge is 2.30. The fourth-order valence-electron chi connectivity index (χ4n) is 2.42. The van der Waals surface area contributed by atoms with Gasteiger partial charge in [0.15, 0.2) is 4.80 Å². The fraction of sp³-hybridized carbons (Fsp3) is 0.429. The molecule has 0 bridgehead atoms. The van der Waals surface area contributed by atoms with Crippen LogP contribution in [-0.2, 0) is 16.6 Å². The first kappa shape index (κ1) is 12.6. The molecule has 100 valence electrons. The topological polar surface area (TPSA) is 43.6 Å². The van der Waals surface area contributed by atoms with E-state index >= 15 is 0 Å². The Labute approximate surface area is 115 Å². The Morgan fingerprint density at radius 3 is 2.95 bits per heavy atom. The van der Waals surface area contributed by atoms with Gasteiger partial charge in [0.1, 0.15) is 0 Å². The van der Waals surface area contributed by atoms with Crippen LogP contribution in [-0.4, -0.2) is 23.2 Å². The Morgan fingerprint density at radius 2 is 2.26 bits per heavy atom. The Balaban J connectivity index is 2.01. The summed E-state index contributed by atoms with van der Waals surface area (Å²) in [6, 6.07) is 8.08. The van der Waals surface area contributed by atoms with Crippen molar-refractivity contribution in [2.45, 2.75) is 19.4 Å². The number of thiazole rings is 1. The number of amides is 1. The zero-order chi connectivity index (χ0) is 13.4. The molecule has 0 N–H and O–H groups in total. The van der Waals surface area contributed by atoms with Gasteiger partial charge in [0.05, 0.1) is 22.2 Å². The number of carbonyl (C=O) groups excluding carboxylic acids is 1. The second kappa shape index (κ2) is 4.90. The lowest BCUT2D eigenvalue weighted by Gasteiger charge is -2.08. The lowest BCUT2D eigenvalue weighted by molar-refractivity contribution is -0.123. The third-order valence-electron chi connectivity index (χ3n) is 3.61. The van der Waals surface area contributed by atoms with Crippen molar-refractivity contribution < 1.29 is 9.53 Å². The first-order valence-electron chi connectivity index (χ1n) is 6.41. The van der Waals surface area contributed by atoms with Crippen LogP contribution in [0.4, 0.5) is 0 Å². The van der Waals surface area contributed by atoms with Gasteiger partial charge in [-0.25, -0.2) is 0 Å². The maximum atomic E-state index is 12.2. The number of hydrogen-bond donors (Lipinski definition) is 0. The van der Waals surface area contributed by atoms with Crippen molar-refractivity contribution in [3.05, 3.63) is 29.1 Å². The van der Waals surface area contributed by atoms with Gasteiger partial charge in [-0.2, -0.15) is 4.99 Å². The summed E-state index contributed by atoms with van der Waals surface area (Å²) in [5, 5.41) is 0. The summed E-state index contributed by atoms with van der Waals surface area (Å²) in [5.74, 6) is -0.155. The Hall–Kier alpha value is -1.46. The lowest BCUT2D eigenvalue weighted by Crippen LogP contribution is -2.23. The van der Waals surface area contributed by atoms with Gasteiger partial charge in [0.25, 0.3) is 5.91 Å². The van der Waals surface area contributed by atoms with Crippen molar-refractivity contribution in [3.8, 4) is 0 Å². The molecule has 0 spiro atoms. The smallest absolute Gasteiger partial charge is 0.254 e. The molecule has 2 unspecified atom stereocenters. The minimum absolute atomic E-state index is 0.0177. The molecule has 1 aliphatic rings. The monoisotopic (exact) mass is 276 g/mol. The summed E-state index contributed by atoms with van der Waals surface area (Å²) in [6.45, 7) is 2.60. The second-order valence-corrected chi connectivity index (χ2v) is 5.84. The molecule has 1 aromatic heterocycles. The van der Waals surface area contributed by atoms with Crippen molar-refractivity contribution in [1.29, 1.82) is 0 Å². The van der Waals surface area contributed by atoms with Gasteiger partial charge in [-0.15, -0.1) is 0 Å². The summed E-state index contributed by atoms with van der Waals surface area (Å²) in [5.41, 5.74) is 1.11. The van der Waals surface area contributed by atoms with Crippen LogP contribution in [0.5, 0.6) is 0 Å². The third kappa shape index (κ3) is 2.24. The summed E-state index contributed by atoms with van der Waals surface area (Å²) in [6.07, 6.45) is 0.758. The number of fused-ring (bicyclic) bond motifs is 1. The van der Waals surface area contributed by atoms with E-state index in [-0.39, 0.29) is 17.9 Å². The molecule has 2 heterocycles. The fourth-order valence-corrected chi connectivity index (χ4v) is 3.45. The van der Waals surface area contributed by atoms with Crippen molar-refractivity contribution in [2.75, 3.05) is 6.61 Å². The molecule has 0 saturated carbocycles. The normalized spacial score (nSPS) is 24.2. The zero-order valence-electron chi connectivity index (χ0n) is 11.0. The Morgan fingerprint density at radius 1 is 1.47 bits per heavy atom. The molecule has 2 atom stereocenters. The summed E-state index contributed by atoms with van der Waals surface area (Å²) < 4.78 is 8.55. The minimum atomic E-state index is -0.0924. The molecule has 19 heavy (non-hydrogen) atoms. The van der Waals surface area contributed by atoms with E-state index in [1.807, 2.05) is 42.8 Å². The number of carbonyl (C=O) groups is 1. The highest BCUT2D eigenvalue weighted by atomic mass is 32.1. The molecule has 0 aliphatic carbocycles. The van der Waals surface area contributed by atoms with Gasteiger partial charge >= 0.3 is 0 Å². The molecule has 1 aromatic carbocycles. The van der Waals surface area contributed by atoms with Crippen LogP contribution in [0.1, 0.15) is 13.3 Å². The zero-order valence-corrected chi connectivity index (χ0v) is 11.8. The molecular weight excluding hydrogens is 260 g/mol. The molecule has 1 amide bonds. The summed E-state index contributed by atoms with van der Waals surface area (Å²) >= 11 is 1.55. The van der Waals surface area contributed by atoms with E-state index in [1.165, 1.54) is 0 Å². The van der Waals surface area contributed by atoms with E-state index in [9.17, 15) is 4.79 Å². The molecule has 1 saturated heterocycles. The van der Waals surface area contributed by atoms with Crippen LogP contribution in [0.25, 0.3) is 10.2 Å². The van der Waals surface area contributed by atoms with Crippen LogP contribution < -0.4 is 4.80 Å². The van der Waals surface area contributed by atoms with Gasteiger partial charge in [-0.05, 0) is 25.5 Å². The van der Waals surface area contributed by atoms with Gasteiger partial charge < -0.3 is 9.30 Å². The van der Waals surface area contributed by atoms with Crippen LogP contribution in [0.3, 0.4) is 0 Å². The predicted octanol–water partition coefficient (Wildman–Crippen LogP) is 2.09. The van der Waals surface area contributed by atoms with Crippen LogP contribution in [0.15, 0.2) is 29.3 Å². The van der Waals surface area contributed by atoms with E-state index in [2.05, 4.69) is 4.99 Å². The van der Waals surface area contributed by atoms with Crippen molar-refractivity contribution in [2.24, 2.45) is 18.0 Å². The first-order chi connectivity index (χ1) is 9.16. The van der Waals surface area contributed by atoms with Gasteiger partial charge in [-0.1, -0.05) is 23.5 Å². The van der Waals surface area contributed by atoms with E-state index in [1.54, 1.807) is 11.3 Å². The number of aromatic nitrogens is 1. The highest BCUT2D eigenvalue weighted by Crippen LogP contribution is 2.22. The van der Waals surface area contributed by atoms with Gasteiger partial charge in [0, 0.05) is 13.7 Å². The Bertz CT molecular complexity index is 686. The van der Waals surface area contributed by atoms with E-state index in [0.717, 1.165) is 21.4 Å². The number of para-hydroxylation sites is 1. The maximum absolute atomic E-state index is 12.2. The summed E-state index contributed by atoms with van der Waals surface area (Å²) in [7, 11) is 1.94. The molecule has 0 radical (unpaired) electrons. The number of rotatable bonds is 1. The molecule has 1 fully saturated rings. The highest BCUT2D eigenvalue weighted by molar-refractivity contribution is 7.16. The van der Waals surface area contributed by atoms with E-state index in [4.69, 9.17) is 4.74 Å².